The van der Waals surface area contributed by atoms with Crippen LogP contribution in [0.1, 0.15) is 29.9 Å². The van der Waals surface area contributed by atoms with Crippen LogP contribution in [0, 0.1) is 0 Å². The Hall–Kier alpha value is -1.91. The highest BCUT2D eigenvalue weighted by molar-refractivity contribution is 5.92. The van der Waals surface area contributed by atoms with Crippen molar-refractivity contribution in [1.82, 2.24) is 15.2 Å². The molecule has 4 N–H and O–H groups in total. The molecule has 0 unspecified atom stereocenters. The molecule has 2 rings (SSSR count). The van der Waals surface area contributed by atoms with E-state index >= 15 is 0 Å². The Morgan fingerprint density at radius 1 is 1.48 bits per heavy atom. The topological polar surface area (TPSA) is 85.0 Å². The summed E-state index contributed by atoms with van der Waals surface area (Å²) in [6.45, 7) is 1.46. The van der Waals surface area contributed by atoms with Gasteiger partial charge in [-0.1, -0.05) is 0 Å². The van der Waals surface area contributed by atoms with Crippen molar-refractivity contribution in [3.05, 3.63) is 11.8 Å². The van der Waals surface area contributed by atoms with Crippen LogP contribution in [0.5, 0.6) is 0 Å². The molecule has 1 amide bonds. The first-order valence-corrected chi connectivity index (χ1v) is 5.89. The van der Waals surface area contributed by atoms with Crippen molar-refractivity contribution in [2.75, 3.05) is 5.32 Å². The van der Waals surface area contributed by atoms with Gasteiger partial charge >= 0.3 is 12.1 Å². The summed E-state index contributed by atoms with van der Waals surface area (Å²) in [7, 11) is 0. The number of hydrogen-bond acceptors (Lipinski definition) is 4. The fourth-order valence-electron chi connectivity index (χ4n) is 2.16. The maximum atomic E-state index is 13.6. The molecule has 1 aliphatic rings. The maximum absolute atomic E-state index is 13.6. The molecule has 11 heteroatoms. The first-order valence-electron chi connectivity index (χ1n) is 5.89. The van der Waals surface area contributed by atoms with Gasteiger partial charge in [-0.25, -0.2) is 10.5 Å². The maximum Gasteiger partial charge on any atom is 0.455 e. The number of halogens is 5. The van der Waals surface area contributed by atoms with E-state index in [1.54, 1.807) is 5.43 Å². The molecule has 21 heavy (non-hydrogen) atoms. The Bertz CT molecular complexity index is 555. The van der Waals surface area contributed by atoms with E-state index in [4.69, 9.17) is 5.84 Å². The van der Waals surface area contributed by atoms with Crippen LogP contribution in [-0.4, -0.2) is 33.8 Å². The zero-order valence-corrected chi connectivity index (χ0v) is 10.7. The van der Waals surface area contributed by atoms with Gasteiger partial charge < -0.3 is 5.32 Å². The molecule has 1 aromatic heterocycles. The number of rotatable bonds is 2. The van der Waals surface area contributed by atoms with Crippen LogP contribution in [0.4, 0.5) is 27.8 Å². The lowest BCUT2D eigenvalue weighted by atomic mass is 9.99. The number of hydrazine groups is 1. The Balaban J connectivity index is 2.48. The fourth-order valence-corrected chi connectivity index (χ4v) is 2.16. The van der Waals surface area contributed by atoms with Gasteiger partial charge in [-0.3, -0.25) is 10.2 Å². The minimum absolute atomic E-state index is 0.0960. The highest BCUT2D eigenvalue weighted by Crippen LogP contribution is 2.47. The van der Waals surface area contributed by atoms with Crippen LogP contribution in [0.15, 0.2) is 6.07 Å². The molecular weight excluding hydrogens is 301 g/mol. The average Bonchev–Trinajstić information content (AvgIpc) is 2.78. The molecule has 0 spiro atoms. The van der Waals surface area contributed by atoms with Gasteiger partial charge in [0.25, 0.3) is 5.91 Å². The van der Waals surface area contributed by atoms with E-state index in [0.29, 0.717) is 4.68 Å². The van der Waals surface area contributed by atoms with Crippen molar-refractivity contribution in [1.29, 1.82) is 0 Å². The number of amides is 1. The molecule has 0 saturated carbocycles. The summed E-state index contributed by atoms with van der Waals surface area (Å²) in [6.07, 6.45) is -6.21. The number of nitrogen functional groups attached to an aromatic ring is 1. The highest BCUT2D eigenvalue weighted by Gasteiger charge is 2.64. The first-order chi connectivity index (χ1) is 9.57. The Kier molecular flexibility index (Phi) is 3.56. The SMILES string of the molecule is C[C@@H]1C[C@@H](C(F)(F)C(F)(F)F)n2nc(C(=O)NN)cc2N1. The number of anilines is 1. The number of carbonyl (C=O) groups excluding carboxylic acids is 1. The normalized spacial score (nSPS) is 22.4. The second-order valence-electron chi connectivity index (χ2n) is 4.75. The fraction of sp³-hybridized carbons (Fsp3) is 0.600. The molecule has 2 heterocycles. The van der Waals surface area contributed by atoms with Gasteiger partial charge in [0.1, 0.15) is 11.9 Å². The van der Waals surface area contributed by atoms with Crippen molar-refractivity contribution >= 4 is 11.7 Å². The van der Waals surface area contributed by atoms with Gasteiger partial charge in [-0.2, -0.15) is 27.1 Å². The molecule has 0 bridgehead atoms. The third-order valence-electron chi connectivity index (χ3n) is 3.16. The third-order valence-corrected chi connectivity index (χ3v) is 3.16. The van der Waals surface area contributed by atoms with Crippen LogP contribution in [0.25, 0.3) is 0 Å². The number of aromatic nitrogens is 2. The van der Waals surface area contributed by atoms with E-state index in [-0.39, 0.29) is 11.5 Å². The number of hydrogen-bond donors (Lipinski definition) is 3. The molecule has 1 aromatic rings. The number of fused-ring (bicyclic) bond motifs is 1. The van der Waals surface area contributed by atoms with Crippen molar-refractivity contribution in [2.24, 2.45) is 5.84 Å². The molecule has 0 aliphatic carbocycles. The zero-order chi connectivity index (χ0) is 16.0. The van der Waals surface area contributed by atoms with E-state index in [2.05, 4.69) is 10.4 Å². The summed E-state index contributed by atoms with van der Waals surface area (Å²) in [5.41, 5.74) is 1.38. The quantitative estimate of drug-likeness (QED) is 0.334. The predicted octanol–water partition coefficient (Wildman–Crippen LogP) is 1.43. The Morgan fingerprint density at radius 2 is 2.10 bits per heavy atom. The highest BCUT2D eigenvalue weighted by atomic mass is 19.4. The van der Waals surface area contributed by atoms with Crippen LogP contribution in [-0.2, 0) is 0 Å². The number of alkyl halides is 5. The zero-order valence-electron chi connectivity index (χ0n) is 10.7. The Morgan fingerprint density at radius 3 is 2.62 bits per heavy atom. The second kappa shape index (κ2) is 4.83. The molecule has 6 nitrogen and oxygen atoms in total. The van der Waals surface area contributed by atoms with Gasteiger partial charge in [0, 0.05) is 12.1 Å². The number of carbonyl (C=O) groups is 1. The van der Waals surface area contributed by atoms with Crippen molar-refractivity contribution in [3.63, 3.8) is 0 Å². The molecule has 0 aromatic carbocycles. The van der Waals surface area contributed by atoms with Crippen molar-refractivity contribution in [3.8, 4) is 0 Å². The smallest absolute Gasteiger partial charge is 0.368 e. The van der Waals surface area contributed by atoms with E-state index in [9.17, 15) is 26.7 Å². The van der Waals surface area contributed by atoms with Gasteiger partial charge in [-0.05, 0) is 13.3 Å². The molecule has 2 atom stereocenters. The van der Waals surface area contributed by atoms with E-state index < -0.39 is 36.5 Å². The monoisotopic (exact) mass is 313 g/mol. The summed E-state index contributed by atoms with van der Waals surface area (Å²) in [5, 5.41) is 6.19. The molecule has 0 radical (unpaired) electrons. The van der Waals surface area contributed by atoms with Gasteiger partial charge in [0.15, 0.2) is 5.69 Å². The predicted molar refractivity (Wildman–Crippen MR) is 61.6 cm³/mol. The molecule has 1 aliphatic heterocycles. The van der Waals surface area contributed by atoms with E-state index in [0.717, 1.165) is 6.07 Å². The number of nitrogens with zero attached hydrogens (tertiary/aromatic N) is 2. The molecule has 0 fully saturated rings. The first kappa shape index (κ1) is 15.5. The minimum atomic E-state index is -5.71. The lowest BCUT2D eigenvalue weighted by Crippen LogP contribution is -2.48. The number of nitrogens with one attached hydrogen (secondary N) is 2. The number of nitrogens with two attached hydrogens (primary N) is 1. The second-order valence-corrected chi connectivity index (χ2v) is 4.75. The van der Waals surface area contributed by atoms with Gasteiger partial charge in [0.2, 0.25) is 0 Å². The van der Waals surface area contributed by atoms with E-state index in [1.165, 1.54) is 6.92 Å². The summed E-state index contributed by atoms with van der Waals surface area (Å²) < 4.78 is 65.4. The summed E-state index contributed by atoms with van der Waals surface area (Å²) in [6, 6.07) is -1.80. The lowest BCUT2D eigenvalue weighted by molar-refractivity contribution is -0.301. The van der Waals surface area contributed by atoms with Gasteiger partial charge in [0.05, 0.1) is 0 Å². The molecular formula is C10H12F5N5O. The van der Waals surface area contributed by atoms with Crippen molar-refractivity contribution in [2.45, 2.75) is 37.5 Å². The largest absolute Gasteiger partial charge is 0.455 e. The third kappa shape index (κ3) is 2.52. The summed E-state index contributed by atoms with van der Waals surface area (Å²) in [5.74, 6) is -1.07. The van der Waals surface area contributed by atoms with Crippen LogP contribution in [0.2, 0.25) is 0 Å². The lowest BCUT2D eigenvalue weighted by Gasteiger charge is -2.35. The standard InChI is InChI=1S/C10H12F5N5O/c1-4-2-6(9(11,12)10(13,14)15)20-7(17-4)3-5(19-20)8(21)18-16/h3-4,6,17H,2,16H2,1H3,(H,18,21)/t4-,6+/m1/s1. The van der Waals surface area contributed by atoms with Crippen LogP contribution < -0.4 is 16.6 Å². The minimum Gasteiger partial charge on any atom is -0.368 e. The summed E-state index contributed by atoms with van der Waals surface area (Å²) >= 11 is 0. The van der Waals surface area contributed by atoms with Crippen LogP contribution in [0.3, 0.4) is 0 Å². The van der Waals surface area contributed by atoms with Crippen LogP contribution >= 0.6 is 0 Å². The average molecular weight is 313 g/mol. The van der Waals surface area contributed by atoms with Crippen molar-refractivity contribution < 1.29 is 26.7 Å². The Labute approximate surface area is 115 Å². The molecule has 0 saturated heterocycles. The van der Waals surface area contributed by atoms with E-state index in [1.807, 2.05) is 0 Å². The van der Waals surface area contributed by atoms with Gasteiger partial charge in [-0.15, -0.1) is 0 Å². The summed E-state index contributed by atoms with van der Waals surface area (Å²) in [4.78, 5) is 11.3. The molecule has 118 valence electrons.